The van der Waals surface area contributed by atoms with E-state index >= 15 is 0 Å². The summed E-state index contributed by atoms with van der Waals surface area (Å²) in [5.41, 5.74) is 1.74. The van der Waals surface area contributed by atoms with E-state index in [1.807, 2.05) is 12.1 Å². The van der Waals surface area contributed by atoms with E-state index in [2.05, 4.69) is 5.32 Å². The van der Waals surface area contributed by atoms with Crippen molar-refractivity contribution in [2.75, 3.05) is 0 Å². The van der Waals surface area contributed by atoms with Gasteiger partial charge in [0, 0.05) is 6.54 Å². The molecule has 3 N–H and O–H groups in total. The van der Waals surface area contributed by atoms with E-state index in [4.69, 9.17) is 10.2 Å². The second-order valence-electron chi connectivity index (χ2n) is 4.48. The van der Waals surface area contributed by atoms with Gasteiger partial charge in [0.15, 0.2) is 0 Å². The van der Waals surface area contributed by atoms with Crippen molar-refractivity contribution in [3.8, 4) is 0 Å². The lowest BCUT2D eigenvalue weighted by molar-refractivity contribution is -0.140. The first-order valence-corrected chi connectivity index (χ1v) is 5.81. The van der Waals surface area contributed by atoms with Crippen LogP contribution in [0.5, 0.6) is 0 Å². The molecule has 1 aromatic carbocycles. The standard InChI is InChI=1S/C13H15NO4/c15-7-9-3-1-8(2-4-9)6-14-12(16)10-5-11(10)13(17)18/h1-4,10-11,15H,5-7H2,(H,14,16)(H,17,18). The van der Waals surface area contributed by atoms with Crippen LogP contribution in [-0.4, -0.2) is 22.1 Å². The highest BCUT2D eigenvalue weighted by Crippen LogP contribution is 2.38. The van der Waals surface area contributed by atoms with Crippen molar-refractivity contribution < 1.29 is 19.8 Å². The molecular formula is C13H15NO4. The number of hydrogen-bond donors (Lipinski definition) is 3. The Morgan fingerprint density at radius 1 is 1.17 bits per heavy atom. The number of aliphatic hydroxyl groups is 1. The van der Waals surface area contributed by atoms with Crippen LogP contribution >= 0.6 is 0 Å². The van der Waals surface area contributed by atoms with Gasteiger partial charge in [-0.05, 0) is 17.5 Å². The Hall–Kier alpha value is -1.88. The molecule has 1 amide bonds. The van der Waals surface area contributed by atoms with Gasteiger partial charge in [-0.2, -0.15) is 0 Å². The zero-order valence-corrected chi connectivity index (χ0v) is 9.80. The van der Waals surface area contributed by atoms with E-state index in [-0.39, 0.29) is 18.4 Å². The number of carbonyl (C=O) groups is 2. The van der Waals surface area contributed by atoms with E-state index in [0.717, 1.165) is 11.1 Å². The Morgan fingerprint density at radius 3 is 2.28 bits per heavy atom. The van der Waals surface area contributed by atoms with Gasteiger partial charge >= 0.3 is 5.97 Å². The predicted molar refractivity (Wildman–Crippen MR) is 63.4 cm³/mol. The Labute approximate surface area is 104 Å². The Bertz CT molecular complexity index is 455. The SMILES string of the molecule is O=C(O)C1CC1C(=O)NCc1ccc(CO)cc1. The first-order chi connectivity index (χ1) is 8.61. The van der Waals surface area contributed by atoms with E-state index in [1.54, 1.807) is 12.1 Å². The zero-order valence-electron chi connectivity index (χ0n) is 9.80. The highest BCUT2D eigenvalue weighted by atomic mass is 16.4. The van der Waals surface area contributed by atoms with Crippen molar-refractivity contribution in [3.05, 3.63) is 35.4 Å². The number of aliphatic carboxylic acids is 1. The summed E-state index contributed by atoms with van der Waals surface area (Å²) in [6, 6.07) is 7.23. The molecule has 0 aromatic heterocycles. The number of carboxylic acid groups (broad SMARTS) is 1. The lowest BCUT2D eigenvalue weighted by atomic mass is 10.1. The third-order valence-corrected chi connectivity index (χ3v) is 3.12. The number of rotatable bonds is 5. The van der Waals surface area contributed by atoms with Crippen LogP contribution in [-0.2, 0) is 22.7 Å². The smallest absolute Gasteiger partial charge is 0.307 e. The molecule has 1 fully saturated rings. The van der Waals surface area contributed by atoms with Gasteiger partial charge in [-0.15, -0.1) is 0 Å². The van der Waals surface area contributed by atoms with Gasteiger partial charge in [-0.1, -0.05) is 24.3 Å². The normalized spacial score (nSPS) is 21.4. The summed E-state index contributed by atoms with van der Waals surface area (Å²) in [4.78, 5) is 22.2. The molecule has 0 saturated heterocycles. The van der Waals surface area contributed by atoms with Crippen LogP contribution < -0.4 is 5.32 Å². The fourth-order valence-electron chi connectivity index (χ4n) is 1.84. The second kappa shape index (κ2) is 5.18. The summed E-state index contributed by atoms with van der Waals surface area (Å²) in [7, 11) is 0. The number of hydrogen-bond acceptors (Lipinski definition) is 3. The summed E-state index contributed by atoms with van der Waals surface area (Å²) in [5.74, 6) is -1.99. The van der Waals surface area contributed by atoms with Gasteiger partial charge in [-0.3, -0.25) is 9.59 Å². The molecule has 2 rings (SSSR count). The molecule has 2 atom stereocenters. The van der Waals surface area contributed by atoms with Gasteiger partial charge in [0.1, 0.15) is 0 Å². The lowest BCUT2D eigenvalue weighted by Crippen LogP contribution is -2.25. The van der Waals surface area contributed by atoms with Gasteiger partial charge in [0.25, 0.3) is 0 Å². The Balaban J connectivity index is 1.81. The van der Waals surface area contributed by atoms with Crippen LogP contribution in [0.15, 0.2) is 24.3 Å². The van der Waals surface area contributed by atoms with Crippen LogP contribution in [0, 0.1) is 11.8 Å². The third kappa shape index (κ3) is 2.87. The molecule has 0 aliphatic heterocycles. The fourth-order valence-corrected chi connectivity index (χ4v) is 1.84. The summed E-state index contributed by atoms with van der Waals surface area (Å²) < 4.78 is 0. The van der Waals surface area contributed by atoms with Crippen LogP contribution in [0.2, 0.25) is 0 Å². The minimum absolute atomic E-state index is 0.00496. The molecule has 1 saturated carbocycles. The summed E-state index contributed by atoms with van der Waals surface area (Å²) >= 11 is 0. The zero-order chi connectivity index (χ0) is 13.1. The van der Waals surface area contributed by atoms with Crippen molar-refractivity contribution >= 4 is 11.9 Å². The number of amides is 1. The van der Waals surface area contributed by atoms with Gasteiger partial charge in [0.2, 0.25) is 5.91 Å². The number of carbonyl (C=O) groups excluding carboxylic acids is 1. The topological polar surface area (TPSA) is 86.6 Å². The maximum absolute atomic E-state index is 11.6. The molecule has 0 heterocycles. The van der Waals surface area contributed by atoms with Gasteiger partial charge in [0.05, 0.1) is 18.4 Å². The maximum Gasteiger partial charge on any atom is 0.307 e. The van der Waals surface area contributed by atoms with Crippen LogP contribution in [0.4, 0.5) is 0 Å². The highest BCUT2D eigenvalue weighted by Gasteiger charge is 2.48. The van der Waals surface area contributed by atoms with Gasteiger partial charge in [-0.25, -0.2) is 0 Å². The number of aliphatic hydroxyl groups excluding tert-OH is 1. The molecule has 5 heteroatoms. The second-order valence-corrected chi connectivity index (χ2v) is 4.48. The molecule has 1 aliphatic rings. The quantitative estimate of drug-likeness (QED) is 0.710. The van der Waals surface area contributed by atoms with Crippen molar-refractivity contribution in [1.29, 1.82) is 0 Å². The average Bonchev–Trinajstić information content (AvgIpc) is 3.17. The number of carboxylic acids is 1. The molecule has 1 aliphatic carbocycles. The Morgan fingerprint density at radius 2 is 1.78 bits per heavy atom. The van der Waals surface area contributed by atoms with Crippen LogP contribution in [0.3, 0.4) is 0 Å². The molecule has 0 spiro atoms. The van der Waals surface area contributed by atoms with Crippen molar-refractivity contribution in [2.45, 2.75) is 19.6 Å². The largest absolute Gasteiger partial charge is 0.481 e. The first-order valence-electron chi connectivity index (χ1n) is 5.81. The van der Waals surface area contributed by atoms with Crippen molar-refractivity contribution in [3.63, 3.8) is 0 Å². The van der Waals surface area contributed by atoms with E-state index in [1.165, 1.54) is 0 Å². The Kier molecular flexibility index (Phi) is 3.62. The maximum atomic E-state index is 11.6. The molecule has 0 radical (unpaired) electrons. The first kappa shape index (κ1) is 12.6. The summed E-state index contributed by atoms with van der Waals surface area (Å²) in [5, 5.41) is 20.3. The highest BCUT2D eigenvalue weighted by molar-refractivity contribution is 5.89. The average molecular weight is 249 g/mol. The molecule has 5 nitrogen and oxygen atoms in total. The molecule has 1 aromatic rings. The minimum Gasteiger partial charge on any atom is -0.481 e. The molecular weight excluding hydrogens is 234 g/mol. The molecule has 18 heavy (non-hydrogen) atoms. The monoisotopic (exact) mass is 249 g/mol. The fraction of sp³-hybridized carbons (Fsp3) is 0.385. The van der Waals surface area contributed by atoms with Gasteiger partial charge < -0.3 is 15.5 Å². The minimum atomic E-state index is -0.901. The molecule has 96 valence electrons. The van der Waals surface area contributed by atoms with Crippen LogP contribution in [0.1, 0.15) is 17.5 Å². The lowest BCUT2D eigenvalue weighted by Gasteiger charge is -2.05. The van der Waals surface area contributed by atoms with Crippen molar-refractivity contribution in [2.24, 2.45) is 11.8 Å². The van der Waals surface area contributed by atoms with E-state index < -0.39 is 11.9 Å². The molecule has 2 unspecified atom stereocenters. The number of benzene rings is 1. The summed E-state index contributed by atoms with van der Waals surface area (Å²) in [6.07, 6.45) is 0.435. The van der Waals surface area contributed by atoms with E-state index in [9.17, 15) is 9.59 Å². The van der Waals surface area contributed by atoms with Crippen LogP contribution in [0.25, 0.3) is 0 Å². The van der Waals surface area contributed by atoms with Crippen molar-refractivity contribution in [1.82, 2.24) is 5.32 Å². The molecule has 0 bridgehead atoms. The number of nitrogens with one attached hydrogen (secondary N) is 1. The van der Waals surface area contributed by atoms with E-state index in [0.29, 0.717) is 13.0 Å². The predicted octanol–water partition coefficient (Wildman–Crippen LogP) is 0.516. The third-order valence-electron chi connectivity index (χ3n) is 3.12. The summed E-state index contributed by atoms with van der Waals surface area (Å²) in [6.45, 7) is 0.377.